The molecule has 0 spiro atoms. The van der Waals surface area contributed by atoms with Gasteiger partial charge in [-0.25, -0.2) is 4.79 Å². The van der Waals surface area contributed by atoms with Crippen molar-refractivity contribution in [2.45, 2.75) is 25.3 Å². The fraction of sp³-hybridized carbons (Fsp3) is 0.217. The van der Waals surface area contributed by atoms with Gasteiger partial charge in [0.2, 0.25) is 0 Å². The number of unbranched alkanes of at least 4 members (excludes halogenated alkanes) is 1. The van der Waals surface area contributed by atoms with E-state index < -0.39 is 12.0 Å². The van der Waals surface area contributed by atoms with Crippen molar-refractivity contribution in [3.8, 4) is 12.3 Å². The summed E-state index contributed by atoms with van der Waals surface area (Å²) >= 11 is 0. The molecule has 0 fully saturated rings. The highest BCUT2D eigenvalue weighted by Crippen LogP contribution is 2.28. The molecule has 3 rings (SSSR count). The van der Waals surface area contributed by atoms with Gasteiger partial charge in [0.15, 0.2) is 0 Å². The summed E-state index contributed by atoms with van der Waals surface area (Å²) in [5.74, 6) is 1.79. The summed E-state index contributed by atoms with van der Waals surface area (Å²) in [5, 5.41) is 6.49. The monoisotopic (exact) mass is 359 g/mol. The van der Waals surface area contributed by atoms with Crippen molar-refractivity contribution >= 4 is 33.4 Å². The summed E-state index contributed by atoms with van der Waals surface area (Å²) in [6.45, 7) is 0. The number of hydrogen-bond acceptors (Lipinski definition) is 3. The largest absolute Gasteiger partial charge is 0.467 e. The molecule has 0 radical (unpaired) electrons. The number of nitrogens with one attached hydrogen (secondary N) is 1. The summed E-state index contributed by atoms with van der Waals surface area (Å²) in [7, 11) is 1.32. The number of ether oxygens (including phenoxy) is 1. The maximum atomic E-state index is 13.2. The average molecular weight is 359 g/mol. The van der Waals surface area contributed by atoms with Gasteiger partial charge in [-0.15, -0.1) is 12.3 Å². The standard InChI is InChI=1S/C23H21NO3/c1-3-4-5-14-20(23(26)27-2)24-22(25)21-18-12-8-6-10-16(18)15-17-11-7-9-13-19(17)21/h1,6-13,15,20H,4-5,14H2,2H3,(H,24,25)/t20-/m1/s1. The zero-order chi connectivity index (χ0) is 19.2. The molecule has 0 aliphatic heterocycles. The van der Waals surface area contributed by atoms with E-state index in [9.17, 15) is 9.59 Å². The Labute approximate surface area is 158 Å². The number of carbonyl (C=O) groups is 2. The van der Waals surface area contributed by atoms with Gasteiger partial charge in [-0.1, -0.05) is 48.5 Å². The Morgan fingerprint density at radius 1 is 1.07 bits per heavy atom. The lowest BCUT2D eigenvalue weighted by molar-refractivity contribution is -0.143. The summed E-state index contributed by atoms with van der Waals surface area (Å²) in [5.41, 5.74) is 0.564. The SMILES string of the molecule is C#CCCC[C@@H](NC(=O)c1c2ccccc2cc2ccccc12)C(=O)OC. The van der Waals surface area contributed by atoms with Gasteiger partial charge in [-0.05, 0) is 40.5 Å². The third-order valence-electron chi connectivity index (χ3n) is 4.60. The highest BCUT2D eigenvalue weighted by molar-refractivity contribution is 6.18. The number of esters is 1. The van der Waals surface area contributed by atoms with Crippen molar-refractivity contribution in [3.05, 3.63) is 60.2 Å². The molecular weight excluding hydrogens is 338 g/mol. The summed E-state index contributed by atoms with van der Waals surface area (Å²) in [6, 6.07) is 16.8. The topological polar surface area (TPSA) is 55.4 Å². The summed E-state index contributed by atoms with van der Waals surface area (Å²) in [6.07, 6.45) is 6.90. The van der Waals surface area contributed by atoms with E-state index in [1.165, 1.54) is 7.11 Å². The number of rotatable bonds is 6. The van der Waals surface area contributed by atoms with Crippen LogP contribution in [-0.2, 0) is 9.53 Å². The molecule has 0 heterocycles. The van der Waals surface area contributed by atoms with Gasteiger partial charge in [0, 0.05) is 6.42 Å². The fourth-order valence-electron chi connectivity index (χ4n) is 3.29. The fourth-order valence-corrected chi connectivity index (χ4v) is 3.29. The molecule has 0 saturated carbocycles. The molecule has 3 aromatic rings. The molecule has 0 aliphatic rings. The van der Waals surface area contributed by atoms with E-state index in [-0.39, 0.29) is 5.91 Å². The predicted molar refractivity (Wildman–Crippen MR) is 107 cm³/mol. The zero-order valence-electron chi connectivity index (χ0n) is 15.2. The Balaban J connectivity index is 2.02. The second-order valence-electron chi connectivity index (χ2n) is 6.34. The smallest absolute Gasteiger partial charge is 0.328 e. The lowest BCUT2D eigenvalue weighted by Crippen LogP contribution is -2.41. The van der Waals surface area contributed by atoms with E-state index in [2.05, 4.69) is 17.3 Å². The maximum absolute atomic E-state index is 13.2. The van der Waals surface area contributed by atoms with Crippen LogP contribution in [0.15, 0.2) is 54.6 Å². The van der Waals surface area contributed by atoms with Crippen LogP contribution in [0.3, 0.4) is 0 Å². The van der Waals surface area contributed by atoms with Crippen molar-refractivity contribution in [2.24, 2.45) is 0 Å². The molecule has 1 N–H and O–H groups in total. The Bertz CT molecular complexity index is 979. The normalized spacial score (nSPS) is 11.7. The van der Waals surface area contributed by atoms with Crippen molar-refractivity contribution < 1.29 is 14.3 Å². The number of terminal acetylenes is 1. The molecule has 0 unspecified atom stereocenters. The van der Waals surface area contributed by atoms with Crippen LogP contribution in [0.5, 0.6) is 0 Å². The molecule has 0 aromatic heterocycles. The van der Waals surface area contributed by atoms with Crippen molar-refractivity contribution in [2.75, 3.05) is 7.11 Å². The summed E-state index contributed by atoms with van der Waals surface area (Å²) in [4.78, 5) is 25.3. The van der Waals surface area contributed by atoms with Gasteiger partial charge in [0.25, 0.3) is 5.91 Å². The highest BCUT2D eigenvalue weighted by Gasteiger charge is 2.23. The van der Waals surface area contributed by atoms with Crippen LogP contribution >= 0.6 is 0 Å². The highest BCUT2D eigenvalue weighted by atomic mass is 16.5. The van der Waals surface area contributed by atoms with Gasteiger partial charge in [0.05, 0.1) is 12.7 Å². The first-order chi connectivity index (χ1) is 13.2. The molecule has 4 heteroatoms. The quantitative estimate of drug-likeness (QED) is 0.312. The first kappa shape index (κ1) is 18.5. The predicted octanol–water partition coefficient (Wildman–Crippen LogP) is 4.07. The Hall–Kier alpha value is -3.32. The molecule has 4 nitrogen and oxygen atoms in total. The first-order valence-electron chi connectivity index (χ1n) is 8.88. The second kappa shape index (κ2) is 8.37. The molecule has 0 aliphatic carbocycles. The molecule has 136 valence electrons. The maximum Gasteiger partial charge on any atom is 0.328 e. The third kappa shape index (κ3) is 3.93. The van der Waals surface area contributed by atoms with E-state index >= 15 is 0 Å². The van der Waals surface area contributed by atoms with E-state index in [0.717, 1.165) is 21.5 Å². The minimum atomic E-state index is -0.728. The van der Waals surface area contributed by atoms with Gasteiger partial charge in [-0.2, -0.15) is 0 Å². The minimum Gasteiger partial charge on any atom is -0.467 e. The van der Waals surface area contributed by atoms with Crippen molar-refractivity contribution in [3.63, 3.8) is 0 Å². The number of carbonyl (C=O) groups excluding carboxylic acids is 2. The van der Waals surface area contributed by atoms with Crippen LogP contribution < -0.4 is 5.32 Å². The van der Waals surface area contributed by atoms with Crippen LogP contribution in [0.2, 0.25) is 0 Å². The van der Waals surface area contributed by atoms with Gasteiger partial charge in [0.1, 0.15) is 6.04 Å². The zero-order valence-corrected chi connectivity index (χ0v) is 15.2. The number of methoxy groups -OCH3 is 1. The van der Waals surface area contributed by atoms with Crippen LogP contribution in [0.25, 0.3) is 21.5 Å². The first-order valence-corrected chi connectivity index (χ1v) is 8.88. The lowest BCUT2D eigenvalue weighted by atomic mass is 9.96. The lowest BCUT2D eigenvalue weighted by Gasteiger charge is -2.18. The minimum absolute atomic E-state index is 0.292. The van der Waals surface area contributed by atoms with Crippen molar-refractivity contribution in [1.82, 2.24) is 5.32 Å². The van der Waals surface area contributed by atoms with Crippen LogP contribution in [0.4, 0.5) is 0 Å². The molecule has 1 atom stereocenters. The number of hydrogen-bond donors (Lipinski definition) is 1. The third-order valence-corrected chi connectivity index (χ3v) is 4.60. The molecule has 0 bridgehead atoms. The Kier molecular flexibility index (Phi) is 5.73. The molecular formula is C23H21NO3. The average Bonchev–Trinajstić information content (AvgIpc) is 2.70. The summed E-state index contributed by atoms with van der Waals surface area (Å²) < 4.78 is 4.85. The number of amides is 1. The van der Waals surface area contributed by atoms with E-state index in [1.54, 1.807) is 0 Å². The Morgan fingerprint density at radius 3 is 2.22 bits per heavy atom. The molecule has 1 amide bonds. The Morgan fingerprint density at radius 2 is 1.67 bits per heavy atom. The van der Waals surface area contributed by atoms with E-state index in [1.807, 2.05) is 48.5 Å². The number of benzene rings is 3. The van der Waals surface area contributed by atoms with Crippen LogP contribution in [0, 0.1) is 12.3 Å². The number of fused-ring (bicyclic) bond motifs is 2. The van der Waals surface area contributed by atoms with E-state index in [0.29, 0.717) is 24.8 Å². The van der Waals surface area contributed by atoms with Gasteiger partial charge >= 0.3 is 5.97 Å². The van der Waals surface area contributed by atoms with Gasteiger partial charge < -0.3 is 10.1 Å². The van der Waals surface area contributed by atoms with Crippen LogP contribution in [0.1, 0.15) is 29.6 Å². The van der Waals surface area contributed by atoms with E-state index in [4.69, 9.17) is 11.2 Å². The molecule has 3 aromatic carbocycles. The molecule has 0 saturated heterocycles. The van der Waals surface area contributed by atoms with Crippen molar-refractivity contribution in [1.29, 1.82) is 0 Å². The van der Waals surface area contributed by atoms with Gasteiger partial charge in [-0.3, -0.25) is 4.79 Å². The molecule has 27 heavy (non-hydrogen) atoms. The van der Waals surface area contributed by atoms with Crippen LogP contribution in [-0.4, -0.2) is 25.0 Å². The second-order valence-corrected chi connectivity index (χ2v) is 6.34.